The largest absolute Gasteiger partial charge is 0.444 e. The molecule has 5 N–H and O–H groups in total. The Kier molecular flexibility index (Phi) is 10.1. The lowest BCUT2D eigenvalue weighted by molar-refractivity contribution is -0.141. The molecule has 47 heavy (non-hydrogen) atoms. The molecule has 3 aliphatic heterocycles. The molecule has 1 aromatic rings. The maximum absolute atomic E-state index is 14.2. The van der Waals surface area contributed by atoms with Gasteiger partial charge in [0.2, 0.25) is 11.8 Å². The SMILES string of the molecule is C/C=S(/NC(=O)[C@@]12C[C@H]1/C=C\COCCC[C@H](NC(N)=S)C(=O)N1C[C@H](OC(=O)N3Cc4cccc(Cl)c4C3)C[C@H]1C(=O)N2)C1CC1. The maximum Gasteiger partial charge on any atom is 0.410 e. The lowest BCUT2D eigenvalue weighted by Crippen LogP contribution is -2.57. The van der Waals surface area contributed by atoms with E-state index >= 15 is 0 Å². The van der Waals surface area contributed by atoms with Crippen molar-refractivity contribution in [3.63, 3.8) is 0 Å². The molecule has 0 spiro atoms. The highest BCUT2D eigenvalue weighted by molar-refractivity contribution is 8.14. The fourth-order valence-corrected chi connectivity index (χ4v) is 8.74. The van der Waals surface area contributed by atoms with Crippen molar-refractivity contribution in [2.75, 3.05) is 19.8 Å². The third kappa shape index (κ3) is 7.45. The molecule has 2 saturated carbocycles. The van der Waals surface area contributed by atoms with Crippen molar-refractivity contribution in [2.45, 2.75) is 87.5 Å². The van der Waals surface area contributed by atoms with Crippen LogP contribution in [0.3, 0.4) is 0 Å². The molecule has 12 nitrogen and oxygen atoms in total. The van der Waals surface area contributed by atoms with E-state index in [1.165, 1.54) is 4.90 Å². The fraction of sp³-hybridized carbons (Fsp3) is 0.562. The molecule has 254 valence electrons. The van der Waals surface area contributed by atoms with Gasteiger partial charge >= 0.3 is 6.09 Å². The van der Waals surface area contributed by atoms with E-state index in [0.717, 1.165) is 24.0 Å². The number of carbonyl (C=O) groups is 4. The molecule has 0 aromatic heterocycles. The smallest absolute Gasteiger partial charge is 0.410 e. The van der Waals surface area contributed by atoms with Crippen LogP contribution in [-0.2, 0) is 36.9 Å². The quantitative estimate of drug-likeness (QED) is 0.267. The summed E-state index contributed by atoms with van der Waals surface area (Å²) in [5.74, 6) is -1.34. The first kappa shape index (κ1) is 33.7. The molecule has 6 atom stereocenters. The Morgan fingerprint density at radius 3 is 2.79 bits per heavy atom. The minimum absolute atomic E-state index is 0.00528. The number of nitrogens with zero attached hydrogens (tertiary/aromatic N) is 2. The van der Waals surface area contributed by atoms with Crippen molar-refractivity contribution in [2.24, 2.45) is 11.7 Å². The van der Waals surface area contributed by atoms with Crippen LogP contribution in [0.15, 0.2) is 30.4 Å². The van der Waals surface area contributed by atoms with Crippen molar-refractivity contribution in [3.05, 3.63) is 46.5 Å². The molecule has 5 aliphatic rings. The van der Waals surface area contributed by atoms with Crippen LogP contribution in [0, 0.1) is 5.92 Å². The van der Waals surface area contributed by atoms with Crippen LogP contribution in [0.25, 0.3) is 0 Å². The van der Waals surface area contributed by atoms with E-state index in [1.807, 2.05) is 36.6 Å². The van der Waals surface area contributed by atoms with Crippen molar-refractivity contribution in [1.29, 1.82) is 0 Å². The fourth-order valence-electron chi connectivity index (χ4n) is 6.63. The van der Waals surface area contributed by atoms with Crippen LogP contribution < -0.4 is 21.1 Å². The molecule has 0 bridgehead atoms. The van der Waals surface area contributed by atoms with Crippen LogP contribution in [0.2, 0.25) is 5.02 Å². The predicted octanol–water partition coefficient (Wildman–Crippen LogP) is 2.49. The third-order valence-electron chi connectivity index (χ3n) is 9.39. The van der Waals surface area contributed by atoms with Crippen molar-refractivity contribution in [3.8, 4) is 0 Å². The minimum atomic E-state index is -1.16. The van der Waals surface area contributed by atoms with Crippen LogP contribution in [0.5, 0.6) is 0 Å². The Morgan fingerprint density at radius 2 is 2.06 bits per heavy atom. The van der Waals surface area contributed by atoms with Gasteiger partial charge in [-0.15, -0.1) is 0 Å². The molecule has 1 saturated heterocycles. The normalized spacial score (nSPS) is 30.5. The van der Waals surface area contributed by atoms with Gasteiger partial charge < -0.3 is 35.5 Å². The molecular weight excluding hydrogens is 664 g/mol. The molecule has 15 heteroatoms. The Bertz CT molecular complexity index is 1520. The van der Waals surface area contributed by atoms with Crippen molar-refractivity contribution in [1.82, 2.24) is 25.2 Å². The second kappa shape index (κ2) is 14.1. The van der Waals surface area contributed by atoms with Gasteiger partial charge in [-0.3, -0.25) is 19.3 Å². The predicted molar refractivity (Wildman–Crippen MR) is 183 cm³/mol. The van der Waals surface area contributed by atoms with E-state index in [0.29, 0.717) is 55.8 Å². The Balaban J connectivity index is 1.23. The number of nitrogens with one attached hydrogen (secondary N) is 3. The number of fused-ring (bicyclic) bond motifs is 3. The number of thiocarbonyl (C=S) groups is 1. The minimum Gasteiger partial charge on any atom is -0.444 e. The lowest BCUT2D eigenvalue weighted by atomic mass is 10.1. The lowest BCUT2D eigenvalue weighted by Gasteiger charge is -2.30. The summed E-state index contributed by atoms with van der Waals surface area (Å²) in [5.41, 5.74) is 6.45. The summed E-state index contributed by atoms with van der Waals surface area (Å²) in [6.45, 7) is 3.32. The van der Waals surface area contributed by atoms with E-state index in [4.69, 9.17) is 39.0 Å². The number of carbonyl (C=O) groups excluding carboxylic acids is 4. The van der Waals surface area contributed by atoms with Crippen molar-refractivity contribution >= 4 is 68.8 Å². The van der Waals surface area contributed by atoms with Crippen LogP contribution in [0.1, 0.15) is 56.6 Å². The molecule has 1 unspecified atom stereocenters. The third-order valence-corrected chi connectivity index (χ3v) is 12.0. The van der Waals surface area contributed by atoms with Gasteiger partial charge in [-0.2, -0.15) is 0 Å². The molecule has 0 radical (unpaired) electrons. The van der Waals surface area contributed by atoms with Crippen LogP contribution in [0.4, 0.5) is 4.79 Å². The molecular formula is C32H41ClN6O6S2. The molecule has 4 amide bonds. The zero-order chi connectivity index (χ0) is 33.3. The summed E-state index contributed by atoms with van der Waals surface area (Å²) in [5, 5.41) is 8.89. The zero-order valence-corrected chi connectivity index (χ0v) is 28.6. The number of amides is 4. The highest BCUT2D eigenvalue weighted by Gasteiger charge is 2.61. The van der Waals surface area contributed by atoms with Gasteiger partial charge in [-0.1, -0.05) is 46.6 Å². The number of ether oxygens (including phenoxy) is 2. The molecule has 3 fully saturated rings. The van der Waals surface area contributed by atoms with Gasteiger partial charge in [0, 0.05) is 35.8 Å². The monoisotopic (exact) mass is 704 g/mol. The first-order valence-corrected chi connectivity index (χ1v) is 18.2. The summed E-state index contributed by atoms with van der Waals surface area (Å²) < 4.78 is 14.9. The Hall–Kier alpha value is -3.20. The average Bonchev–Trinajstić information content (AvgIpc) is 3.91. The highest BCUT2D eigenvalue weighted by Crippen LogP contribution is 2.47. The molecule has 3 heterocycles. The second-order valence-corrected chi connectivity index (χ2v) is 15.6. The van der Waals surface area contributed by atoms with E-state index in [9.17, 15) is 19.2 Å². The summed E-state index contributed by atoms with van der Waals surface area (Å²) in [6.07, 6.45) is 5.98. The van der Waals surface area contributed by atoms with E-state index in [-0.39, 0.29) is 40.6 Å². The standard InChI is InChI=1S/C32H41ClN6O6S2/c1-2-47(22-10-11-22)37-29(42)32-15-20(32)7-4-12-44-13-5-9-25(35-30(34)46)28(41)39-17-21(14-26(39)27(40)36-32)45-31(43)38-16-19-6-3-8-24(33)23(19)18-38/h2-4,6-8,20-22,25-26H,5,9-18H2,1H3,(H,36,40)(H,37,42)(H3,34,35,46)/b7-4-/t20-,21-,25+,26+,32-,47?/m1/s1. The summed E-state index contributed by atoms with van der Waals surface area (Å²) in [6, 6.07) is 3.74. The average molecular weight is 705 g/mol. The molecule has 6 rings (SSSR count). The van der Waals surface area contributed by atoms with Gasteiger partial charge in [0.15, 0.2) is 5.11 Å². The molecule has 2 aliphatic carbocycles. The van der Waals surface area contributed by atoms with Gasteiger partial charge in [-0.25, -0.2) is 4.79 Å². The number of halogens is 1. The van der Waals surface area contributed by atoms with Crippen LogP contribution in [-0.4, -0.2) is 92.8 Å². The number of nitrogens with two attached hydrogens (primary N) is 1. The number of hydrogen-bond acceptors (Lipinski definition) is 7. The van der Waals surface area contributed by atoms with Crippen LogP contribution >= 0.6 is 34.5 Å². The summed E-state index contributed by atoms with van der Waals surface area (Å²) in [7, 11) is -0.389. The van der Waals surface area contributed by atoms with E-state index in [2.05, 4.69) is 15.4 Å². The maximum atomic E-state index is 14.2. The Labute approximate surface area is 287 Å². The first-order valence-electron chi connectivity index (χ1n) is 16.1. The van der Waals surface area contributed by atoms with Crippen molar-refractivity contribution < 1.29 is 28.7 Å². The summed E-state index contributed by atoms with van der Waals surface area (Å²) >= 11 is 11.4. The Morgan fingerprint density at radius 1 is 1.26 bits per heavy atom. The molecule has 1 aromatic carbocycles. The summed E-state index contributed by atoms with van der Waals surface area (Å²) in [4.78, 5) is 58.3. The zero-order valence-electron chi connectivity index (χ0n) is 26.2. The van der Waals surface area contributed by atoms with Gasteiger partial charge in [0.05, 0.1) is 19.7 Å². The first-order chi connectivity index (χ1) is 22.6. The number of rotatable bonds is 5. The number of hydrogen-bond donors (Lipinski definition) is 4. The van der Waals surface area contributed by atoms with Gasteiger partial charge in [0.1, 0.15) is 23.7 Å². The van der Waals surface area contributed by atoms with E-state index in [1.54, 1.807) is 11.0 Å². The van der Waals surface area contributed by atoms with Gasteiger partial charge in [-0.05, 0) is 73.8 Å². The van der Waals surface area contributed by atoms with E-state index < -0.39 is 41.6 Å². The topological polar surface area (TPSA) is 155 Å². The van der Waals surface area contributed by atoms with Gasteiger partial charge in [0.25, 0.3) is 5.91 Å². The highest BCUT2D eigenvalue weighted by atomic mass is 35.5. The number of benzene rings is 1. The second-order valence-electron chi connectivity index (χ2n) is 12.7.